The second-order valence-electron chi connectivity index (χ2n) is 8.05. The maximum Gasteiger partial charge on any atom is 0.266 e. The highest BCUT2D eigenvalue weighted by atomic mass is 35.5. The molecule has 13 heteroatoms. The topological polar surface area (TPSA) is 163 Å². The normalized spacial score (nSPS) is 12.2. The number of nitrogen functional groups attached to an aromatic ring is 1. The molecular weight excluding hydrogens is 486 g/mol. The van der Waals surface area contributed by atoms with Gasteiger partial charge in [-0.25, -0.2) is 9.97 Å². The Morgan fingerprint density at radius 3 is 2.83 bits per heavy atom. The minimum atomic E-state index is -0.471. The second-order valence-corrected chi connectivity index (χ2v) is 8.46. The molecule has 0 bridgehead atoms. The van der Waals surface area contributed by atoms with Gasteiger partial charge in [0.05, 0.1) is 35.3 Å². The van der Waals surface area contributed by atoms with E-state index in [-0.39, 0.29) is 23.9 Å². The summed E-state index contributed by atoms with van der Waals surface area (Å²) in [4.78, 5) is 22.1. The van der Waals surface area contributed by atoms with Gasteiger partial charge < -0.3 is 20.6 Å². The van der Waals surface area contributed by atoms with Crippen molar-refractivity contribution in [3.05, 3.63) is 69.8 Å². The molecule has 4 heterocycles. The molecule has 0 fully saturated rings. The predicted molar refractivity (Wildman–Crippen MR) is 134 cm³/mol. The fraction of sp³-hybridized carbons (Fsp3) is 0.217. The molecule has 0 amide bonds. The molecule has 0 aliphatic heterocycles. The average Bonchev–Trinajstić information content (AvgIpc) is 3.48. The number of hydrogen-bond donors (Lipinski definition) is 3. The van der Waals surface area contributed by atoms with E-state index in [1.165, 1.54) is 10.9 Å². The summed E-state index contributed by atoms with van der Waals surface area (Å²) < 4.78 is 8.61. The van der Waals surface area contributed by atoms with Crippen molar-refractivity contribution in [1.29, 1.82) is 0 Å². The molecule has 184 valence electrons. The van der Waals surface area contributed by atoms with Gasteiger partial charge in [0, 0.05) is 19.2 Å². The molecule has 0 aliphatic rings. The van der Waals surface area contributed by atoms with Crippen LogP contribution in [0.15, 0.2) is 52.1 Å². The number of nitrogens with one attached hydrogen (secondary N) is 1. The quantitative estimate of drug-likeness (QED) is 0.298. The highest BCUT2D eigenvalue weighted by Crippen LogP contribution is 2.32. The van der Waals surface area contributed by atoms with Gasteiger partial charge in [-0.2, -0.15) is 5.10 Å². The lowest BCUT2D eigenvalue weighted by atomic mass is 10.1. The maximum absolute atomic E-state index is 13.7. The molecule has 1 aromatic carbocycles. The SMILES string of the molecule is Cc1nnc(-c2c(N)ncnc2NC(C)c2cc3cccc(Cl)c3c(=O)n2-c2ccn(CCO)n2)o1. The van der Waals surface area contributed by atoms with Crippen molar-refractivity contribution in [2.45, 2.75) is 26.4 Å². The first-order chi connectivity index (χ1) is 17.4. The van der Waals surface area contributed by atoms with E-state index >= 15 is 0 Å². The zero-order valence-electron chi connectivity index (χ0n) is 19.4. The third-order valence-corrected chi connectivity index (χ3v) is 5.94. The number of pyridine rings is 1. The third kappa shape index (κ3) is 4.16. The van der Waals surface area contributed by atoms with Crippen molar-refractivity contribution in [1.82, 2.24) is 34.5 Å². The third-order valence-electron chi connectivity index (χ3n) is 5.62. The number of aliphatic hydroxyl groups is 1. The molecule has 4 aromatic heterocycles. The molecule has 0 aliphatic carbocycles. The molecule has 4 N–H and O–H groups in total. The molecule has 0 spiro atoms. The summed E-state index contributed by atoms with van der Waals surface area (Å²) in [6, 6.07) is 8.37. The van der Waals surface area contributed by atoms with Crippen molar-refractivity contribution < 1.29 is 9.52 Å². The van der Waals surface area contributed by atoms with Gasteiger partial charge >= 0.3 is 0 Å². The monoisotopic (exact) mass is 507 g/mol. The van der Waals surface area contributed by atoms with Gasteiger partial charge in [0.2, 0.25) is 5.89 Å². The zero-order valence-corrected chi connectivity index (χ0v) is 20.1. The Morgan fingerprint density at radius 2 is 2.08 bits per heavy atom. The van der Waals surface area contributed by atoms with E-state index in [9.17, 15) is 9.90 Å². The van der Waals surface area contributed by atoms with Gasteiger partial charge in [-0.3, -0.25) is 14.0 Å². The Hall–Kier alpha value is -4.29. The van der Waals surface area contributed by atoms with Crippen LogP contribution in [0.5, 0.6) is 0 Å². The Morgan fingerprint density at radius 1 is 1.25 bits per heavy atom. The van der Waals surface area contributed by atoms with Crippen LogP contribution in [0.4, 0.5) is 11.6 Å². The standard InChI is InChI=1S/C23H22ClN9O3/c1-12(28-21-19(20(25)26-11-27-21)22-30-29-13(2)36-22)16-10-14-4-3-5-15(24)18(14)23(35)33(16)17-6-7-32(31-17)8-9-34/h3-7,10-12,34H,8-9H2,1-2H3,(H3,25,26,27,28). The molecule has 0 saturated carbocycles. The molecule has 1 atom stereocenters. The number of aliphatic hydroxyl groups excluding tert-OH is 1. The predicted octanol–water partition coefficient (Wildman–Crippen LogP) is 2.74. The summed E-state index contributed by atoms with van der Waals surface area (Å²) in [5, 5.41) is 26.4. The van der Waals surface area contributed by atoms with Gasteiger partial charge in [-0.15, -0.1) is 10.2 Å². The molecular formula is C23H22ClN9O3. The number of anilines is 2. The molecule has 5 rings (SSSR count). The Balaban J connectivity index is 1.66. The minimum absolute atomic E-state index is 0.0859. The van der Waals surface area contributed by atoms with E-state index in [2.05, 4.69) is 30.6 Å². The lowest BCUT2D eigenvalue weighted by Crippen LogP contribution is -2.26. The summed E-state index contributed by atoms with van der Waals surface area (Å²) in [6.07, 6.45) is 3.01. The smallest absolute Gasteiger partial charge is 0.266 e. The molecule has 0 saturated heterocycles. The molecule has 36 heavy (non-hydrogen) atoms. The van der Waals surface area contributed by atoms with Gasteiger partial charge in [0.1, 0.15) is 23.5 Å². The van der Waals surface area contributed by atoms with Gasteiger partial charge in [0.25, 0.3) is 11.4 Å². The van der Waals surface area contributed by atoms with Crippen LogP contribution in [-0.4, -0.2) is 46.2 Å². The van der Waals surface area contributed by atoms with Gasteiger partial charge in [-0.05, 0) is 24.4 Å². The van der Waals surface area contributed by atoms with Crippen LogP contribution in [0.2, 0.25) is 5.02 Å². The van der Waals surface area contributed by atoms with Crippen LogP contribution >= 0.6 is 11.6 Å². The number of rotatable bonds is 7. The van der Waals surface area contributed by atoms with Gasteiger partial charge in [-0.1, -0.05) is 23.7 Å². The molecule has 1 unspecified atom stereocenters. The Labute approximate surface area is 209 Å². The number of fused-ring (bicyclic) bond motifs is 1. The first-order valence-corrected chi connectivity index (χ1v) is 11.4. The average molecular weight is 508 g/mol. The minimum Gasteiger partial charge on any atom is -0.421 e. The fourth-order valence-electron chi connectivity index (χ4n) is 3.99. The first kappa shape index (κ1) is 23.5. The van der Waals surface area contributed by atoms with Gasteiger partial charge in [0.15, 0.2) is 5.82 Å². The lowest BCUT2D eigenvalue weighted by Gasteiger charge is -2.21. The number of nitrogens with zero attached hydrogens (tertiary/aromatic N) is 7. The zero-order chi connectivity index (χ0) is 25.4. The summed E-state index contributed by atoms with van der Waals surface area (Å²) in [7, 11) is 0. The van der Waals surface area contributed by atoms with Crippen molar-refractivity contribution in [3.8, 4) is 17.3 Å². The van der Waals surface area contributed by atoms with Crippen molar-refractivity contribution in [2.24, 2.45) is 0 Å². The summed E-state index contributed by atoms with van der Waals surface area (Å²) in [5.41, 5.74) is 6.74. The fourth-order valence-corrected chi connectivity index (χ4v) is 4.25. The van der Waals surface area contributed by atoms with E-state index in [1.807, 2.05) is 19.1 Å². The summed E-state index contributed by atoms with van der Waals surface area (Å²) >= 11 is 6.40. The lowest BCUT2D eigenvalue weighted by molar-refractivity contribution is 0.269. The van der Waals surface area contributed by atoms with Crippen molar-refractivity contribution >= 4 is 34.0 Å². The van der Waals surface area contributed by atoms with E-state index in [0.717, 1.165) is 0 Å². The van der Waals surface area contributed by atoms with Crippen LogP contribution in [0.3, 0.4) is 0 Å². The Kier molecular flexibility index (Phi) is 6.12. The largest absolute Gasteiger partial charge is 0.421 e. The number of nitrogens with two attached hydrogens (primary N) is 1. The number of benzene rings is 1. The first-order valence-electron chi connectivity index (χ1n) is 11.0. The number of halogens is 1. The number of hydrogen-bond acceptors (Lipinski definition) is 10. The summed E-state index contributed by atoms with van der Waals surface area (Å²) in [5.74, 6) is 1.44. The number of aryl methyl sites for hydroxylation is 1. The van der Waals surface area contributed by atoms with Crippen LogP contribution in [0.1, 0.15) is 24.6 Å². The van der Waals surface area contributed by atoms with E-state index in [1.54, 1.807) is 36.0 Å². The highest BCUT2D eigenvalue weighted by molar-refractivity contribution is 6.35. The van der Waals surface area contributed by atoms with E-state index in [0.29, 0.717) is 51.1 Å². The maximum atomic E-state index is 13.7. The molecule has 5 aromatic rings. The number of aromatic nitrogens is 7. The van der Waals surface area contributed by atoms with E-state index in [4.69, 9.17) is 21.8 Å². The summed E-state index contributed by atoms with van der Waals surface area (Å²) in [6.45, 7) is 3.74. The Bertz CT molecular complexity index is 1630. The van der Waals surface area contributed by atoms with Crippen molar-refractivity contribution in [3.63, 3.8) is 0 Å². The van der Waals surface area contributed by atoms with Crippen LogP contribution in [-0.2, 0) is 6.54 Å². The van der Waals surface area contributed by atoms with E-state index < -0.39 is 6.04 Å². The molecule has 12 nitrogen and oxygen atoms in total. The second kappa shape index (κ2) is 9.40. The van der Waals surface area contributed by atoms with Crippen LogP contribution < -0.4 is 16.6 Å². The molecule has 0 radical (unpaired) electrons. The van der Waals surface area contributed by atoms with Crippen LogP contribution in [0, 0.1) is 6.92 Å². The van der Waals surface area contributed by atoms with Crippen molar-refractivity contribution in [2.75, 3.05) is 17.7 Å². The highest BCUT2D eigenvalue weighted by Gasteiger charge is 2.23. The van der Waals surface area contributed by atoms with Crippen LogP contribution in [0.25, 0.3) is 28.0 Å².